The van der Waals surface area contributed by atoms with E-state index in [1.54, 1.807) is 6.07 Å². The third kappa shape index (κ3) is 3.02. The van der Waals surface area contributed by atoms with Crippen LogP contribution in [0, 0.1) is 18.3 Å². The Morgan fingerprint density at radius 2 is 2.19 bits per heavy atom. The lowest BCUT2D eigenvalue weighted by molar-refractivity contribution is -0.275. The van der Waals surface area contributed by atoms with E-state index in [4.69, 9.17) is 5.26 Å². The fourth-order valence-electron chi connectivity index (χ4n) is 1.22. The molecule has 0 unspecified atom stereocenters. The highest BCUT2D eigenvalue weighted by Crippen LogP contribution is 2.27. The standard InChI is InChI=1S/C9H7F3N2O2/c1-5-8(16-9(10,11)12)6(2-3-13)4-7(15)14-5/h4H,2H2,1H3,(H,14,15). The largest absolute Gasteiger partial charge is 0.573 e. The molecule has 7 heteroatoms. The van der Waals surface area contributed by atoms with Crippen LogP contribution in [0.1, 0.15) is 11.3 Å². The van der Waals surface area contributed by atoms with Gasteiger partial charge in [-0.05, 0) is 6.92 Å². The topological polar surface area (TPSA) is 65.9 Å². The first kappa shape index (κ1) is 12.1. The number of nitrogens with one attached hydrogen (secondary N) is 1. The Hall–Kier alpha value is -1.97. The van der Waals surface area contributed by atoms with Gasteiger partial charge in [-0.25, -0.2) is 0 Å². The van der Waals surface area contributed by atoms with E-state index in [1.165, 1.54) is 6.92 Å². The van der Waals surface area contributed by atoms with Crippen molar-refractivity contribution in [2.45, 2.75) is 19.7 Å². The number of pyridine rings is 1. The van der Waals surface area contributed by atoms with Crippen LogP contribution in [0.4, 0.5) is 13.2 Å². The molecule has 0 radical (unpaired) electrons. The molecule has 1 aromatic heterocycles. The van der Waals surface area contributed by atoms with Gasteiger partial charge < -0.3 is 9.72 Å². The maximum Gasteiger partial charge on any atom is 0.573 e. The van der Waals surface area contributed by atoms with Crippen LogP contribution < -0.4 is 10.3 Å². The number of aromatic amines is 1. The zero-order chi connectivity index (χ0) is 12.3. The molecule has 0 bridgehead atoms. The molecular formula is C9H7F3N2O2. The highest BCUT2D eigenvalue weighted by atomic mass is 19.4. The fraction of sp³-hybridized carbons (Fsp3) is 0.333. The van der Waals surface area contributed by atoms with Crippen LogP contribution in [0.15, 0.2) is 10.9 Å². The van der Waals surface area contributed by atoms with Gasteiger partial charge in [0.15, 0.2) is 5.75 Å². The molecule has 1 heterocycles. The molecule has 4 nitrogen and oxygen atoms in total. The first-order chi connectivity index (χ1) is 7.33. The Kier molecular flexibility index (Phi) is 3.22. The van der Waals surface area contributed by atoms with Crippen molar-refractivity contribution in [3.63, 3.8) is 0 Å². The predicted octanol–water partition coefficient (Wildman–Crippen LogP) is 1.65. The molecule has 0 aliphatic rings. The van der Waals surface area contributed by atoms with Crippen molar-refractivity contribution >= 4 is 0 Å². The van der Waals surface area contributed by atoms with Gasteiger partial charge in [-0.15, -0.1) is 13.2 Å². The van der Waals surface area contributed by atoms with Crippen molar-refractivity contribution in [3.8, 4) is 11.8 Å². The Morgan fingerprint density at radius 3 is 2.69 bits per heavy atom. The van der Waals surface area contributed by atoms with Gasteiger partial charge >= 0.3 is 6.36 Å². The number of nitrogens with zero attached hydrogens (tertiary/aromatic N) is 1. The van der Waals surface area contributed by atoms with Crippen LogP contribution in [0.5, 0.6) is 5.75 Å². The highest BCUT2D eigenvalue weighted by molar-refractivity contribution is 5.38. The van der Waals surface area contributed by atoms with Crippen LogP contribution in [0.3, 0.4) is 0 Å². The summed E-state index contributed by atoms with van der Waals surface area (Å²) in [7, 11) is 0. The number of halogens is 3. The second kappa shape index (κ2) is 4.26. The summed E-state index contributed by atoms with van der Waals surface area (Å²) in [6, 6.07) is 2.58. The number of ether oxygens (including phenoxy) is 1. The Morgan fingerprint density at radius 1 is 1.56 bits per heavy atom. The minimum atomic E-state index is -4.85. The lowest BCUT2D eigenvalue weighted by Gasteiger charge is -2.13. The number of H-pyrrole nitrogens is 1. The van der Waals surface area contributed by atoms with Crippen LogP contribution in [-0.4, -0.2) is 11.3 Å². The molecule has 16 heavy (non-hydrogen) atoms. The lowest BCUT2D eigenvalue weighted by Crippen LogP contribution is -2.21. The zero-order valence-corrected chi connectivity index (χ0v) is 8.18. The quantitative estimate of drug-likeness (QED) is 0.842. The monoisotopic (exact) mass is 232 g/mol. The van der Waals surface area contributed by atoms with Crippen molar-refractivity contribution in [2.75, 3.05) is 0 Å². The minimum Gasteiger partial charge on any atom is -0.404 e. The molecule has 0 spiro atoms. The summed E-state index contributed by atoms with van der Waals surface area (Å²) in [6.07, 6.45) is -5.18. The van der Waals surface area contributed by atoms with Crippen molar-refractivity contribution < 1.29 is 17.9 Å². The molecule has 1 rings (SSSR count). The Balaban J connectivity index is 3.25. The van der Waals surface area contributed by atoms with Gasteiger partial charge in [0.1, 0.15) is 0 Å². The molecule has 0 fully saturated rings. The number of rotatable bonds is 2. The van der Waals surface area contributed by atoms with E-state index < -0.39 is 17.7 Å². The summed E-state index contributed by atoms with van der Waals surface area (Å²) in [5, 5.41) is 8.43. The molecule has 1 N–H and O–H groups in total. The van der Waals surface area contributed by atoms with Gasteiger partial charge in [0, 0.05) is 11.6 Å². The number of nitriles is 1. The van der Waals surface area contributed by atoms with E-state index in [0.717, 1.165) is 6.07 Å². The summed E-state index contributed by atoms with van der Waals surface area (Å²) in [6.45, 7) is 1.27. The number of aryl methyl sites for hydroxylation is 1. The van der Waals surface area contributed by atoms with E-state index in [2.05, 4.69) is 9.72 Å². The molecule has 0 aliphatic heterocycles. The number of hydrogen-bond acceptors (Lipinski definition) is 3. The van der Waals surface area contributed by atoms with Crippen molar-refractivity contribution in [2.24, 2.45) is 0 Å². The molecular weight excluding hydrogens is 225 g/mol. The molecule has 0 amide bonds. The van der Waals surface area contributed by atoms with Crippen molar-refractivity contribution in [1.82, 2.24) is 4.98 Å². The van der Waals surface area contributed by atoms with Gasteiger partial charge in [0.25, 0.3) is 0 Å². The molecule has 0 aromatic carbocycles. The maximum atomic E-state index is 12.0. The number of aromatic nitrogens is 1. The Bertz CT molecular complexity index is 485. The van der Waals surface area contributed by atoms with Gasteiger partial charge in [0.05, 0.1) is 18.2 Å². The SMILES string of the molecule is Cc1[nH]c(=O)cc(CC#N)c1OC(F)(F)F. The molecule has 0 atom stereocenters. The predicted molar refractivity (Wildman–Crippen MR) is 47.8 cm³/mol. The van der Waals surface area contributed by atoms with E-state index in [-0.39, 0.29) is 17.7 Å². The zero-order valence-electron chi connectivity index (χ0n) is 8.18. The highest BCUT2D eigenvalue weighted by Gasteiger charge is 2.33. The van der Waals surface area contributed by atoms with Crippen LogP contribution in [0.25, 0.3) is 0 Å². The summed E-state index contributed by atoms with van der Waals surface area (Å²) >= 11 is 0. The fourth-order valence-corrected chi connectivity index (χ4v) is 1.22. The first-order valence-corrected chi connectivity index (χ1v) is 4.19. The number of hydrogen-bond donors (Lipinski definition) is 1. The van der Waals surface area contributed by atoms with Crippen molar-refractivity contribution in [3.05, 3.63) is 27.7 Å². The number of alkyl halides is 3. The average molecular weight is 232 g/mol. The lowest BCUT2D eigenvalue weighted by atomic mass is 10.1. The van der Waals surface area contributed by atoms with Gasteiger partial charge in [-0.2, -0.15) is 5.26 Å². The third-order valence-corrected chi connectivity index (χ3v) is 1.74. The van der Waals surface area contributed by atoms with Crippen molar-refractivity contribution in [1.29, 1.82) is 5.26 Å². The van der Waals surface area contributed by atoms with Gasteiger partial charge in [-0.3, -0.25) is 4.79 Å². The maximum absolute atomic E-state index is 12.0. The van der Waals surface area contributed by atoms with Gasteiger partial charge in [0.2, 0.25) is 5.56 Å². The smallest absolute Gasteiger partial charge is 0.404 e. The first-order valence-electron chi connectivity index (χ1n) is 4.19. The molecule has 0 saturated carbocycles. The summed E-state index contributed by atoms with van der Waals surface area (Å²) in [4.78, 5) is 13.2. The second-order valence-corrected chi connectivity index (χ2v) is 3.00. The van der Waals surface area contributed by atoms with E-state index in [1.807, 2.05) is 0 Å². The second-order valence-electron chi connectivity index (χ2n) is 3.00. The molecule has 0 saturated heterocycles. The Labute approximate surface area is 88.3 Å². The summed E-state index contributed by atoms with van der Waals surface area (Å²) in [5.41, 5.74) is -0.714. The van der Waals surface area contributed by atoms with Crippen LogP contribution in [0.2, 0.25) is 0 Å². The summed E-state index contributed by atoms with van der Waals surface area (Å²) < 4.78 is 39.9. The van der Waals surface area contributed by atoms with Gasteiger partial charge in [-0.1, -0.05) is 0 Å². The minimum absolute atomic E-state index is 0.0601. The van der Waals surface area contributed by atoms with Crippen LogP contribution >= 0.6 is 0 Å². The van der Waals surface area contributed by atoms with E-state index >= 15 is 0 Å². The normalized spacial score (nSPS) is 10.9. The molecule has 0 aliphatic carbocycles. The molecule has 86 valence electrons. The molecule has 1 aromatic rings. The summed E-state index contributed by atoms with van der Waals surface area (Å²) in [5.74, 6) is -0.520. The average Bonchev–Trinajstić information content (AvgIpc) is 2.10. The third-order valence-electron chi connectivity index (χ3n) is 1.74. The van der Waals surface area contributed by atoms with Crippen LogP contribution in [-0.2, 0) is 6.42 Å². The van der Waals surface area contributed by atoms with E-state index in [9.17, 15) is 18.0 Å². The van der Waals surface area contributed by atoms with E-state index in [0.29, 0.717) is 0 Å².